The van der Waals surface area contributed by atoms with Crippen LogP contribution in [0, 0.1) is 30.5 Å². The number of nitrogens with zero attached hydrogens (tertiary/aromatic N) is 2. The van der Waals surface area contributed by atoms with Gasteiger partial charge in [0.15, 0.2) is 0 Å². The first-order chi connectivity index (χ1) is 13.3. The van der Waals surface area contributed by atoms with E-state index in [2.05, 4.69) is 19.0 Å². The minimum atomic E-state index is -3.60. The van der Waals surface area contributed by atoms with E-state index in [0.29, 0.717) is 36.5 Å². The fourth-order valence-electron chi connectivity index (χ4n) is 4.85. The van der Waals surface area contributed by atoms with Gasteiger partial charge in [-0.1, -0.05) is 0 Å². The van der Waals surface area contributed by atoms with Crippen molar-refractivity contribution >= 4 is 10.0 Å². The van der Waals surface area contributed by atoms with Gasteiger partial charge in [0.05, 0.1) is 11.0 Å². The lowest BCUT2D eigenvalue weighted by Crippen LogP contribution is -2.48. The molecule has 1 heterocycles. The van der Waals surface area contributed by atoms with E-state index in [4.69, 9.17) is 4.74 Å². The van der Waals surface area contributed by atoms with E-state index in [1.54, 1.807) is 11.2 Å². The molecule has 0 spiro atoms. The van der Waals surface area contributed by atoms with Gasteiger partial charge in [-0.05, 0) is 88.2 Å². The molecule has 0 unspecified atom stereocenters. The Hall–Kier alpha value is -1.02. The van der Waals surface area contributed by atoms with Crippen LogP contribution in [0.5, 0.6) is 0 Å². The molecule has 28 heavy (non-hydrogen) atoms. The van der Waals surface area contributed by atoms with Gasteiger partial charge in [0.25, 0.3) is 0 Å². The number of halogens is 1. The molecular weight excluding hydrogens is 379 g/mol. The van der Waals surface area contributed by atoms with Crippen LogP contribution < -0.4 is 0 Å². The number of rotatable bonds is 6. The van der Waals surface area contributed by atoms with E-state index in [0.717, 1.165) is 25.4 Å². The van der Waals surface area contributed by atoms with E-state index in [1.165, 1.54) is 31.0 Å². The second-order valence-electron chi connectivity index (χ2n) is 9.07. The Balaban J connectivity index is 1.50. The van der Waals surface area contributed by atoms with Gasteiger partial charge in [-0.3, -0.25) is 0 Å². The summed E-state index contributed by atoms with van der Waals surface area (Å²) in [6.07, 6.45) is 4.59. The van der Waals surface area contributed by atoms with Crippen molar-refractivity contribution < 1.29 is 17.5 Å². The highest BCUT2D eigenvalue weighted by Crippen LogP contribution is 2.41. The lowest BCUT2D eigenvalue weighted by Gasteiger charge is -2.41. The van der Waals surface area contributed by atoms with Crippen LogP contribution in [-0.4, -0.2) is 63.6 Å². The second-order valence-corrected chi connectivity index (χ2v) is 11.0. The quantitative estimate of drug-likeness (QED) is 0.724. The summed E-state index contributed by atoms with van der Waals surface area (Å²) in [5.41, 5.74) is 0.465. The van der Waals surface area contributed by atoms with E-state index in [1.807, 2.05) is 0 Å². The van der Waals surface area contributed by atoms with Crippen molar-refractivity contribution in [3.63, 3.8) is 0 Å². The molecule has 0 bridgehead atoms. The fraction of sp³-hybridized carbons (Fsp3) is 0.714. The number of hydrogen-bond acceptors (Lipinski definition) is 4. The van der Waals surface area contributed by atoms with Crippen molar-refractivity contribution in [1.82, 2.24) is 9.21 Å². The van der Waals surface area contributed by atoms with Crippen LogP contribution in [0.4, 0.5) is 4.39 Å². The second kappa shape index (κ2) is 7.67. The summed E-state index contributed by atoms with van der Waals surface area (Å²) in [6, 6.07) is 4.24. The van der Waals surface area contributed by atoms with Crippen LogP contribution in [0.1, 0.15) is 31.2 Å². The number of ether oxygens (including phenoxy) is 1. The van der Waals surface area contributed by atoms with Crippen molar-refractivity contribution in [3.8, 4) is 0 Å². The van der Waals surface area contributed by atoms with Gasteiger partial charge in [-0.2, -0.15) is 4.31 Å². The monoisotopic (exact) mass is 410 g/mol. The van der Waals surface area contributed by atoms with Gasteiger partial charge in [0.1, 0.15) is 5.82 Å². The summed E-state index contributed by atoms with van der Waals surface area (Å²) < 4.78 is 47.7. The third-order valence-electron chi connectivity index (χ3n) is 6.71. The third kappa shape index (κ3) is 3.99. The lowest BCUT2D eigenvalue weighted by molar-refractivity contribution is -0.0493. The van der Waals surface area contributed by atoms with E-state index < -0.39 is 15.8 Å². The fourth-order valence-corrected chi connectivity index (χ4v) is 6.61. The summed E-state index contributed by atoms with van der Waals surface area (Å²) >= 11 is 0. The summed E-state index contributed by atoms with van der Waals surface area (Å²) in [5, 5.41) is 0. The van der Waals surface area contributed by atoms with Gasteiger partial charge < -0.3 is 9.64 Å². The standard InChI is InChI=1S/C21H31FN2O3S/c1-14-8-18(22)6-7-21(14)28(25,26)24-11-16-9-19(23(2)3)20(10-17(16)12-24)27-13-15-4-5-15/h6-8,15-17,19-20H,4-5,9-13H2,1-3H3/t16-,17+,19-,20-/m1/s1. The van der Waals surface area contributed by atoms with Crippen LogP contribution >= 0.6 is 0 Å². The predicted molar refractivity (Wildman–Crippen MR) is 106 cm³/mol. The normalized spacial score (nSPS) is 31.3. The van der Waals surface area contributed by atoms with E-state index in [-0.39, 0.29) is 11.0 Å². The van der Waals surface area contributed by atoms with Gasteiger partial charge in [-0.25, -0.2) is 12.8 Å². The smallest absolute Gasteiger partial charge is 0.243 e. The lowest BCUT2D eigenvalue weighted by atomic mass is 9.77. The zero-order chi connectivity index (χ0) is 20.1. The highest BCUT2D eigenvalue weighted by Gasteiger charge is 2.46. The molecule has 5 nitrogen and oxygen atoms in total. The average molecular weight is 411 g/mol. The summed E-state index contributed by atoms with van der Waals surface area (Å²) in [5.74, 6) is 0.998. The molecule has 4 rings (SSSR count). The molecule has 4 atom stereocenters. The van der Waals surface area contributed by atoms with Crippen LogP contribution in [0.3, 0.4) is 0 Å². The molecule has 1 aromatic carbocycles. The maximum absolute atomic E-state index is 13.4. The number of sulfonamides is 1. The SMILES string of the molecule is Cc1cc(F)ccc1S(=O)(=O)N1C[C@H]2C[C@@H](N(C)C)[C@H](OCC3CC3)C[C@H]2C1. The predicted octanol–water partition coefficient (Wildman–Crippen LogP) is 2.89. The van der Waals surface area contributed by atoms with E-state index >= 15 is 0 Å². The molecule has 2 saturated carbocycles. The Morgan fingerprint density at radius 3 is 2.46 bits per heavy atom. The van der Waals surface area contributed by atoms with Crippen LogP contribution in [0.2, 0.25) is 0 Å². The first kappa shape index (κ1) is 20.3. The summed E-state index contributed by atoms with van der Waals surface area (Å²) in [7, 11) is 0.571. The highest BCUT2D eigenvalue weighted by atomic mass is 32.2. The van der Waals surface area contributed by atoms with Crippen molar-refractivity contribution in [2.45, 2.75) is 49.6 Å². The Morgan fingerprint density at radius 2 is 1.86 bits per heavy atom. The molecule has 2 aliphatic carbocycles. The molecule has 3 fully saturated rings. The van der Waals surface area contributed by atoms with Crippen molar-refractivity contribution in [3.05, 3.63) is 29.6 Å². The number of aryl methyl sites for hydroxylation is 1. The third-order valence-corrected chi connectivity index (χ3v) is 8.70. The first-order valence-corrected chi connectivity index (χ1v) is 11.7. The number of likely N-dealkylation sites (N-methyl/N-ethyl adjacent to an activating group) is 1. The molecule has 1 saturated heterocycles. The summed E-state index contributed by atoms with van der Waals surface area (Å²) in [4.78, 5) is 2.45. The minimum absolute atomic E-state index is 0.173. The van der Waals surface area contributed by atoms with Gasteiger partial charge in [-0.15, -0.1) is 0 Å². The van der Waals surface area contributed by atoms with Crippen LogP contribution in [0.15, 0.2) is 23.1 Å². The molecule has 7 heteroatoms. The average Bonchev–Trinajstić information content (AvgIpc) is 3.35. The van der Waals surface area contributed by atoms with Gasteiger partial charge >= 0.3 is 0 Å². The van der Waals surface area contributed by atoms with Crippen LogP contribution in [0.25, 0.3) is 0 Å². The zero-order valence-corrected chi connectivity index (χ0v) is 17.8. The Bertz CT molecular complexity index is 825. The molecule has 1 aliphatic heterocycles. The molecule has 0 N–H and O–H groups in total. The molecule has 0 radical (unpaired) electrons. The molecule has 0 amide bonds. The maximum atomic E-state index is 13.4. The molecular formula is C21H31FN2O3S. The van der Waals surface area contributed by atoms with Crippen molar-refractivity contribution in [2.24, 2.45) is 17.8 Å². The van der Waals surface area contributed by atoms with Crippen LogP contribution in [-0.2, 0) is 14.8 Å². The highest BCUT2D eigenvalue weighted by molar-refractivity contribution is 7.89. The number of hydrogen-bond donors (Lipinski definition) is 0. The molecule has 3 aliphatic rings. The maximum Gasteiger partial charge on any atom is 0.243 e. The summed E-state index contributed by atoms with van der Waals surface area (Å²) in [6.45, 7) is 3.57. The van der Waals surface area contributed by atoms with E-state index in [9.17, 15) is 12.8 Å². The molecule has 0 aromatic heterocycles. The largest absolute Gasteiger partial charge is 0.376 e. The molecule has 156 valence electrons. The Labute approximate surface area is 167 Å². The first-order valence-electron chi connectivity index (χ1n) is 10.3. The number of fused-ring (bicyclic) bond motifs is 1. The van der Waals surface area contributed by atoms with Gasteiger partial charge in [0, 0.05) is 25.7 Å². The molecule has 1 aromatic rings. The Kier molecular flexibility index (Phi) is 5.55. The van der Waals surface area contributed by atoms with Crippen molar-refractivity contribution in [2.75, 3.05) is 33.8 Å². The Morgan fingerprint density at radius 1 is 1.18 bits per heavy atom. The zero-order valence-electron chi connectivity index (χ0n) is 17.0. The number of benzene rings is 1. The topological polar surface area (TPSA) is 49.9 Å². The van der Waals surface area contributed by atoms with Crippen molar-refractivity contribution in [1.29, 1.82) is 0 Å². The minimum Gasteiger partial charge on any atom is -0.376 e. The van der Waals surface area contributed by atoms with Gasteiger partial charge in [0.2, 0.25) is 10.0 Å².